The van der Waals surface area contributed by atoms with Crippen molar-refractivity contribution in [2.24, 2.45) is 5.41 Å². The van der Waals surface area contributed by atoms with Crippen LogP contribution >= 0.6 is 0 Å². The first-order valence-corrected chi connectivity index (χ1v) is 5.77. The number of aliphatic hydroxyl groups is 1. The van der Waals surface area contributed by atoms with Crippen LogP contribution in [0.15, 0.2) is 0 Å². The minimum atomic E-state index is -0.413. The van der Waals surface area contributed by atoms with E-state index >= 15 is 0 Å². The van der Waals surface area contributed by atoms with E-state index in [1.807, 2.05) is 0 Å². The smallest absolute Gasteiger partial charge is 0.228 e. The molecule has 1 saturated heterocycles. The molecule has 0 atom stereocenters. The number of aliphatic hydroxyl groups excluding tert-OH is 1. The Morgan fingerprint density at radius 2 is 2.07 bits per heavy atom. The van der Waals surface area contributed by atoms with Gasteiger partial charge in [0.15, 0.2) is 0 Å². The summed E-state index contributed by atoms with van der Waals surface area (Å²) in [6.07, 6.45) is 3.76. The SMILES string of the molecule is CN1CCC(NC(=O)C2(CO)CC2)CC1. The molecule has 0 aromatic heterocycles. The van der Waals surface area contributed by atoms with E-state index in [1.165, 1.54) is 0 Å². The molecule has 0 radical (unpaired) electrons. The highest BCUT2D eigenvalue weighted by Crippen LogP contribution is 2.45. The van der Waals surface area contributed by atoms with Crippen LogP contribution in [0.3, 0.4) is 0 Å². The first-order valence-electron chi connectivity index (χ1n) is 5.77. The van der Waals surface area contributed by atoms with E-state index in [0.29, 0.717) is 6.04 Å². The van der Waals surface area contributed by atoms with Crippen molar-refractivity contribution in [3.63, 3.8) is 0 Å². The standard InChI is InChI=1S/C11H20N2O2/c1-13-6-2-9(3-7-13)12-10(15)11(8-14)4-5-11/h9,14H,2-8H2,1H3,(H,12,15). The summed E-state index contributed by atoms with van der Waals surface area (Å²) in [5.41, 5.74) is -0.413. The number of hydrogen-bond donors (Lipinski definition) is 2. The van der Waals surface area contributed by atoms with Gasteiger partial charge in [0.2, 0.25) is 5.91 Å². The van der Waals surface area contributed by atoms with Crippen LogP contribution in [0.25, 0.3) is 0 Å². The van der Waals surface area contributed by atoms with E-state index < -0.39 is 5.41 Å². The maximum atomic E-state index is 11.8. The molecule has 1 heterocycles. The Labute approximate surface area is 90.6 Å². The molecule has 2 rings (SSSR count). The van der Waals surface area contributed by atoms with E-state index in [0.717, 1.165) is 38.8 Å². The van der Waals surface area contributed by atoms with Crippen molar-refractivity contribution < 1.29 is 9.90 Å². The van der Waals surface area contributed by atoms with Crippen LogP contribution in [0.5, 0.6) is 0 Å². The molecule has 0 aromatic carbocycles. The third-order valence-corrected chi connectivity index (χ3v) is 3.69. The number of hydrogen-bond acceptors (Lipinski definition) is 3. The van der Waals surface area contributed by atoms with Crippen molar-refractivity contribution in [3.05, 3.63) is 0 Å². The van der Waals surface area contributed by atoms with Gasteiger partial charge in [0.25, 0.3) is 0 Å². The first kappa shape index (κ1) is 10.9. The molecular weight excluding hydrogens is 192 g/mol. The third-order valence-electron chi connectivity index (χ3n) is 3.69. The van der Waals surface area contributed by atoms with Crippen LogP contribution < -0.4 is 5.32 Å². The molecule has 15 heavy (non-hydrogen) atoms. The van der Waals surface area contributed by atoms with Crippen LogP contribution in [-0.2, 0) is 4.79 Å². The van der Waals surface area contributed by atoms with Gasteiger partial charge in [-0.25, -0.2) is 0 Å². The van der Waals surface area contributed by atoms with Gasteiger partial charge in [-0.15, -0.1) is 0 Å². The lowest BCUT2D eigenvalue weighted by Gasteiger charge is -2.30. The van der Waals surface area contributed by atoms with Crippen molar-refractivity contribution >= 4 is 5.91 Å². The Morgan fingerprint density at radius 1 is 1.47 bits per heavy atom. The highest BCUT2D eigenvalue weighted by molar-refractivity contribution is 5.85. The molecule has 0 aromatic rings. The maximum Gasteiger partial charge on any atom is 0.228 e. The lowest BCUT2D eigenvalue weighted by Crippen LogP contribution is -2.46. The average molecular weight is 212 g/mol. The average Bonchev–Trinajstić information content (AvgIpc) is 3.02. The van der Waals surface area contributed by atoms with Gasteiger partial charge in [0.05, 0.1) is 12.0 Å². The Hall–Kier alpha value is -0.610. The second-order valence-corrected chi connectivity index (χ2v) is 4.99. The molecule has 0 unspecified atom stereocenters. The van der Waals surface area contributed by atoms with Gasteiger partial charge in [-0.2, -0.15) is 0 Å². The molecule has 1 aliphatic carbocycles. The number of nitrogens with one attached hydrogen (secondary N) is 1. The summed E-state index contributed by atoms with van der Waals surface area (Å²) in [5, 5.41) is 12.2. The number of rotatable bonds is 3. The van der Waals surface area contributed by atoms with E-state index in [1.54, 1.807) is 0 Å². The van der Waals surface area contributed by atoms with Crippen molar-refractivity contribution in [2.45, 2.75) is 31.7 Å². The molecule has 0 spiro atoms. The van der Waals surface area contributed by atoms with Crippen molar-refractivity contribution in [2.75, 3.05) is 26.7 Å². The molecule has 2 N–H and O–H groups in total. The molecular formula is C11H20N2O2. The normalized spacial score (nSPS) is 26.3. The number of piperidine rings is 1. The van der Waals surface area contributed by atoms with Crippen LogP contribution in [-0.4, -0.2) is 48.7 Å². The van der Waals surface area contributed by atoms with E-state index in [4.69, 9.17) is 5.11 Å². The van der Waals surface area contributed by atoms with E-state index in [9.17, 15) is 4.79 Å². The molecule has 4 nitrogen and oxygen atoms in total. The van der Waals surface area contributed by atoms with Crippen molar-refractivity contribution in [1.29, 1.82) is 0 Å². The minimum absolute atomic E-state index is 0.00541. The largest absolute Gasteiger partial charge is 0.395 e. The molecule has 1 amide bonds. The van der Waals surface area contributed by atoms with Crippen molar-refractivity contribution in [3.8, 4) is 0 Å². The van der Waals surface area contributed by atoms with Crippen LogP contribution in [0, 0.1) is 5.41 Å². The minimum Gasteiger partial charge on any atom is -0.395 e. The summed E-state index contributed by atoms with van der Waals surface area (Å²) in [7, 11) is 2.11. The van der Waals surface area contributed by atoms with Gasteiger partial charge in [-0.3, -0.25) is 4.79 Å². The van der Waals surface area contributed by atoms with Crippen LogP contribution in [0.4, 0.5) is 0 Å². The number of nitrogens with zero attached hydrogens (tertiary/aromatic N) is 1. The Morgan fingerprint density at radius 3 is 2.53 bits per heavy atom. The molecule has 2 aliphatic rings. The molecule has 1 aliphatic heterocycles. The molecule has 86 valence electrons. The van der Waals surface area contributed by atoms with Gasteiger partial charge < -0.3 is 15.3 Å². The molecule has 4 heteroatoms. The lowest BCUT2D eigenvalue weighted by atomic mass is 10.0. The van der Waals surface area contributed by atoms with Crippen LogP contribution in [0.1, 0.15) is 25.7 Å². The Kier molecular flexibility index (Phi) is 2.98. The second kappa shape index (κ2) is 4.10. The highest BCUT2D eigenvalue weighted by atomic mass is 16.3. The molecule has 1 saturated carbocycles. The van der Waals surface area contributed by atoms with E-state index in [2.05, 4.69) is 17.3 Å². The fraction of sp³-hybridized carbons (Fsp3) is 0.909. The van der Waals surface area contributed by atoms with E-state index in [-0.39, 0.29) is 12.5 Å². The highest BCUT2D eigenvalue weighted by Gasteiger charge is 2.49. The summed E-state index contributed by atoms with van der Waals surface area (Å²) in [6.45, 7) is 2.11. The molecule has 0 bridgehead atoms. The number of amides is 1. The zero-order valence-corrected chi connectivity index (χ0v) is 9.33. The molecule has 2 fully saturated rings. The van der Waals surface area contributed by atoms with Gasteiger partial charge in [0.1, 0.15) is 0 Å². The quantitative estimate of drug-likeness (QED) is 0.690. The number of carbonyl (C=O) groups excluding carboxylic acids is 1. The Balaban J connectivity index is 1.79. The first-order chi connectivity index (χ1) is 7.16. The van der Waals surface area contributed by atoms with Gasteiger partial charge >= 0.3 is 0 Å². The van der Waals surface area contributed by atoms with Crippen LogP contribution in [0.2, 0.25) is 0 Å². The number of likely N-dealkylation sites (tertiary alicyclic amines) is 1. The monoisotopic (exact) mass is 212 g/mol. The van der Waals surface area contributed by atoms with Gasteiger partial charge in [-0.05, 0) is 45.8 Å². The number of carbonyl (C=O) groups is 1. The second-order valence-electron chi connectivity index (χ2n) is 4.99. The summed E-state index contributed by atoms with van der Waals surface area (Å²) < 4.78 is 0. The predicted molar refractivity (Wildman–Crippen MR) is 57.4 cm³/mol. The predicted octanol–water partition coefficient (Wildman–Crippen LogP) is -0.0307. The van der Waals surface area contributed by atoms with Crippen molar-refractivity contribution in [1.82, 2.24) is 10.2 Å². The van der Waals surface area contributed by atoms with Gasteiger partial charge in [0, 0.05) is 6.04 Å². The topological polar surface area (TPSA) is 52.6 Å². The summed E-state index contributed by atoms with van der Waals surface area (Å²) in [6, 6.07) is 0.317. The Bertz CT molecular complexity index is 243. The summed E-state index contributed by atoms with van der Waals surface area (Å²) >= 11 is 0. The fourth-order valence-corrected chi connectivity index (χ4v) is 2.10. The zero-order chi connectivity index (χ0) is 10.9. The summed E-state index contributed by atoms with van der Waals surface area (Å²) in [4.78, 5) is 14.1. The fourth-order valence-electron chi connectivity index (χ4n) is 2.10. The summed E-state index contributed by atoms with van der Waals surface area (Å²) in [5.74, 6) is 0.0690. The zero-order valence-electron chi connectivity index (χ0n) is 9.33. The lowest BCUT2D eigenvalue weighted by molar-refractivity contribution is -0.128. The maximum absolute atomic E-state index is 11.8. The van der Waals surface area contributed by atoms with Gasteiger partial charge in [-0.1, -0.05) is 0 Å². The third kappa shape index (κ3) is 2.32.